The van der Waals surface area contributed by atoms with E-state index in [1.165, 1.54) is 16.9 Å². The van der Waals surface area contributed by atoms with Gasteiger partial charge in [-0.3, -0.25) is 4.79 Å². The highest BCUT2D eigenvalue weighted by Gasteiger charge is 2.44. The molecule has 0 spiro atoms. The Morgan fingerprint density at radius 3 is 2.50 bits per heavy atom. The lowest BCUT2D eigenvalue weighted by Gasteiger charge is -2.33. The number of benzene rings is 2. The number of ether oxygens (including phenoxy) is 2. The molecule has 3 heterocycles. The first kappa shape index (κ1) is 22.4. The summed E-state index contributed by atoms with van der Waals surface area (Å²) in [5.41, 5.74) is 3.96. The number of imidazole rings is 1. The second-order valence-corrected chi connectivity index (χ2v) is 10.1. The molecule has 0 bridgehead atoms. The second-order valence-electron chi connectivity index (χ2n) is 8.92. The number of amides is 1. The summed E-state index contributed by atoms with van der Waals surface area (Å²) in [6.07, 6.45) is 1.73. The molecule has 1 amide bonds. The van der Waals surface area contributed by atoms with Gasteiger partial charge in [-0.05, 0) is 33.6 Å². The lowest BCUT2D eigenvalue weighted by molar-refractivity contribution is 0.0611. The van der Waals surface area contributed by atoms with Gasteiger partial charge in [0.25, 0.3) is 5.91 Å². The zero-order chi connectivity index (χ0) is 24.0. The predicted octanol–water partition coefficient (Wildman–Crippen LogP) is 5.47. The van der Waals surface area contributed by atoms with E-state index in [0.717, 1.165) is 46.0 Å². The van der Waals surface area contributed by atoms with E-state index in [1.54, 1.807) is 14.2 Å². The molecule has 2 aromatic carbocycles. The van der Waals surface area contributed by atoms with Crippen LogP contribution in [0.15, 0.2) is 36.4 Å². The summed E-state index contributed by atoms with van der Waals surface area (Å²) in [7, 11) is 3.22. The van der Waals surface area contributed by atoms with Gasteiger partial charge >= 0.3 is 0 Å². The topological polar surface area (TPSA) is 80.3 Å². The SMILES string of the molecule is COc1cc2nc(C3(C)CCCN3C(=O)c3sc(C)nc3-c3ccc(C)cc3)[nH]c2cc1OC. The number of carbonyl (C=O) groups is 1. The summed E-state index contributed by atoms with van der Waals surface area (Å²) in [6, 6.07) is 11.9. The van der Waals surface area contributed by atoms with Crippen molar-refractivity contribution in [2.45, 2.75) is 39.2 Å². The van der Waals surface area contributed by atoms with Crippen molar-refractivity contribution in [3.63, 3.8) is 0 Å². The number of aromatic nitrogens is 3. The maximum Gasteiger partial charge on any atom is 0.267 e. The molecule has 1 fully saturated rings. The van der Waals surface area contributed by atoms with Crippen LogP contribution in [0.1, 0.15) is 45.8 Å². The highest BCUT2D eigenvalue weighted by molar-refractivity contribution is 7.14. The number of hydrogen-bond donors (Lipinski definition) is 1. The third-order valence-electron chi connectivity index (χ3n) is 6.64. The van der Waals surface area contributed by atoms with Gasteiger partial charge in [0.15, 0.2) is 11.5 Å². The molecule has 34 heavy (non-hydrogen) atoms. The number of aryl methyl sites for hydroxylation is 2. The molecule has 1 unspecified atom stereocenters. The van der Waals surface area contributed by atoms with Gasteiger partial charge in [0.2, 0.25) is 0 Å². The molecule has 1 N–H and O–H groups in total. The highest BCUT2D eigenvalue weighted by atomic mass is 32.1. The first-order chi connectivity index (χ1) is 16.3. The Hall–Kier alpha value is -3.39. The second kappa shape index (κ2) is 8.43. The number of nitrogens with one attached hydrogen (secondary N) is 1. The van der Waals surface area contributed by atoms with E-state index in [9.17, 15) is 4.79 Å². The van der Waals surface area contributed by atoms with Gasteiger partial charge < -0.3 is 19.4 Å². The van der Waals surface area contributed by atoms with Crippen LogP contribution in [0.25, 0.3) is 22.3 Å². The fourth-order valence-corrected chi connectivity index (χ4v) is 5.62. The van der Waals surface area contributed by atoms with Crippen LogP contribution < -0.4 is 9.47 Å². The summed E-state index contributed by atoms with van der Waals surface area (Å²) in [6.45, 7) is 6.76. The molecule has 0 radical (unpaired) electrons. The molecular weight excluding hydrogens is 448 g/mol. The summed E-state index contributed by atoms with van der Waals surface area (Å²) in [5, 5.41) is 0.878. The Morgan fingerprint density at radius 2 is 1.79 bits per heavy atom. The van der Waals surface area contributed by atoms with Crippen molar-refractivity contribution in [3.8, 4) is 22.8 Å². The average Bonchev–Trinajstić information content (AvgIpc) is 3.54. The normalized spacial score (nSPS) is 18.0. The van der Waals surface area contributed by atoms with Crippen LogP contribution in [-0.4, -0.2) is 46.5 Å². The third-order valence-corrected chi connectivity index (χ3v) is 7.60. The molecule has 2 aromatic heterocycles. The van der Waals surface area contributed by atoms with Crippen molar-refractivity contribution < 1.29 is 14.3 Å². The molecule has 0 saturated carbocycles. The van der Waals surface area contributed by atoms with Crippen molar-refractivity contribution in [2.24, 2.45) is 0 Å². The van der Waals surface area contributed by atoms with E-state index in [2.05, 4.69) is 31.0 Å². The van der Waals surface area contributed by atoms with Crippen LogP contribution in [0.3, 0.4) is 0 Å². The minimum atomic E-state index is -0.557. The lowest BCUT2D eigenvalue weighted by Crippen LogP contribution is -2.43. The van der Waals surface area contributed by atoms with Crippen LogP contribution >= 0.6 is 11.3 Å². The summed E-state index contributed by atoms with van der Waals surface area (Å²) in [4.78, 5) is 29.6. The van der Waals surface area contributed by atoms with Crippen LogP contribution in [0.2, 0.25) is 0 Å². The number of H-pyrrole nitrogens is 1. The van der Waals surface area contributed by atoms with Crippen molar-refractivity contribution in [1.29, 1.82) is 0 Å². The van der Waals surface area contributed by atoms with Gasteiger partial charge in [-0.15, -0.1) is 11.3 Å². The lowest BCUT2D eigenvalue weighted by atomic mass is 9.97. The Kier molecular flexibility index (Phi) is 5.56. The summed E-state index contributed by atoms with van der Waals surface area (Å²) in [5.74, 6) is 2.02. The molecule has 1 aliphatic rings. The van der Waals surface area contributed by atoms with Gasteiger partial charge in [0.05, 0.1) is 41.5 Å². The van der Waals surface area contributed by atoms with Gasteiger partial charge in [0.1, 0.15) is 10.7 Å². The minimum absolute atomic E-state index is 0.00297. The van der Waals surface area contributed by atoms with Crippen molar-refractivity contribution >= 4 is 28.3 Å². The van der Waals surface area contributed by atoms with Crippen LogP contribution in [0.5, 0.6) is 11.5 Å². The molecule has 7 nitrogen and oxygen atoms in total. The smallest absolute Gasteiger partial charge is 0.267 e. The molecule has 1 atom stereocenters. The quantitative estimate of drug-likeness (QED) is 0.413. The molecule has 4 aromatic rings. The van der Waals surface area contributed by atoms with Gasteiger partial charge in [-0.1, -0.05) is 29.8 Å². The number of likely N-dealkylation sites (tertiary alicyclic amines) is 1. The van der Waals surface area contributed by atoms with Gasteiger partial charge in [-0.25, -0.2) is 9.97 Å². The standard InChI is InChI=1S/C26H28N4O3S/c1-15-7-9-17(10-8-15)22-23(34-16(2)27-22)24(31)30-12-6-11-26(30,3)25-28-18-13-20(32-4)21(33-5)14-19(18)29-25/h7-10,13-14H,6,11-12H2,1-5H3,(H,28,29). The zero-order valence-corrected chi connectivity index (χ0v) is 20.9. The van der Waals surface area contributed by atoms with Crippen molar-refractivity contribution in [1.82, 2.24) is 19.9 Å². The Labute approximate surface area is 202 Å². The average molecular weight is 477 g/mol. The van der Waals surface area contributed by atoms with E-state index in [1.807, 2.05) is 36.1 Å². The maximum absolute atomic E-state index is 13.9. The van der Waals surface area contributed by atoms with Crippen LogP contribution in [0.4, 0.5) is 0 Å². The Balaban J connectivity index is 1.54. The number of rotatable bonds is 5. The van der Waals surface area contributed by atoms with Crippen molar-refractivity contribution in [2.75, 3.05) is 20.8 Å². The largest absolute Gasteiger partial charge is 0.493 e. The van der Waals surface area contributed by atoms with Gasteiger partial charge in [-0.2, -0.15) is 0 Å². The molecule has 0 aliphatic carbocycles. The fraction of sp³-hybridized carbons (Fsp3) is 0.346. The molecule has 5 rings (SSSR count). The van der Waals surface area contributed by atoms with E-state index >= 15 is 0 Å². The third kappa shape index (κ3) is 3.62. The number of fused-ring (bicyclic) bond motifs is 1. The van der Waals surface area contributed by atoms with E-state index in [-0.39, 0.29) is 5.91 Å². The number of thiazole rings is 1. The summed E-state index contributed by atoms with van der Waals surface area (Å²) >= 11 is 1.45. The molecule has 8 heteroatoms. The van der Waals surface area contributed by atoms with Crippen LogP contribution in [0, 0.1) is 13.8 Å². The number of hydrogen-bond acceptors (Lipinski definition) is 6. The monoisotopic (exact) mass is 476 g/mol. The summed E-state index contributed by atoms with van der Waals surface area (Å²) < 4.78 is 10.9. The zero-order valence-electron chi connectivity index (χ0n) is 20.1. The predicted molar refractivity (Wildman–Crippen MR) is 134 cm³/mol. The minimum Gasteiger partial charge on any atom is -0.493 e. The number of nitrogens with zero attached hydrogens (tertiary/aromatic N) is 3. The van der Waals surface area contributed by atoms with E-state index < -0.39 is 5.54 Å². The molecule has 176 valence electrons. The van der Waals surface area contributed by atoms with E-state index in [0.29, 0.717) is 22.9 Å². The van der Waals surface area contributed by atoms with Crippen LogP contribution in [-0.2, 0) is 5.54 Å². The van der Waals surface area contributed by atoms with Crippen molar-refractivity contribution in [3.05, 3.63) is 57.7 Å². The van der Waals surface area contributed by atoms with E-state index in [4.69, 9.17) is 19.4 Å². The van der Waals surface area contributed by atoms with Gasteiger partial charge in [0, 0.05) is 24.2 Å². The number of methoxy groups -OCH3 is 2. The number of aromatic amines is 1. The molecule has 1 saturated heterocycles. The first-order valence-electron chi connectivity index (χ1n) is 11.3. The Bertz CT molecular complexity index is 1330. The maximum atomic E-state index is 13.9. The first-order valence-corrected chi connectivity index (χ1v) is 12.1. The highest BCUT2D eigenvalue weighted by Crippen LogP contribution is 2.42. The molecular formula is C26H28N4O3S. The Morgan fingerprint density at radius 1 is 1.09 bits per heavy atom. The molecule has 1 aliphatic heterocycles. The fourth-order valence-electron chi connectivity index (χ4n) is 4.73. The number of carbonyl (C=O) groups excluding carboxylic acids is 1.